The number of pyridine rings is 1. The smallest absolute Gasteiger partial charge is 0.231 e. The van der Waals surface area contributed by atoms with Crippen molar-refractivity contribution in [2.75, 3.05) is 12.1 Å². The Labute approximate surface area is 163 Å². The van der Waals surface area contributed by atoms with E-state index in [1.54, 1.807) is 12.4 Å². The monoisotopic (exact) mass is 396 g/mol. The first-order valence-corrected chi connectivity index (χ1v) is 9.45. The Morgan fingerprint density at radius 3 is 2.93 bits per heavy atom. The highest BCUT2D eigenvalue weighted by Gasteiger charge is 2.15. The molecule has 0 bridgehead atoms. The van der Waals surface area contributed by atoms with Gasteiger partial charge in [-0.25, -0.2) is 9.97 Å². The lowest BCUT2D eigenvalue weighted by molar-refractivity contribution is 0.174. The van der Waals surface area contributed by atoms with Crippen molar-refractivity contribution in [3.05, 3.63) is 58.7 Å². The molecular weight excluding hydrogens is 384 g/mol. The number of rotatable bonds is 4. The number of aromatic nitrogens is 3. The lowest BCUT2D eigenvalue weighted by Gasteiger charge is -2.09. The maximum Gasteiger partial charge on any atom is 0.231 e. The largest absolute Gasteiger partial charge is 0.454 e. The predicted octanol–water partition coefficient (Wildman–Crippen LogP) is 4.75. The molecule has 134 valence electrons. The summed E-state index contributed by atoms with van der Waals surface area (Å²) in [5, 5.41) is 4.30. The molecule has 0 saturated heterocycles. The summed E-state index contributed by atoms with van der Waals surface area (Å²) in [5.74, 6) is 2.88. The SMILES string of the molecule is Clc1cc2c(NCc3ccc4c(c3)OCO4)nc(-c3cccnc3)nc2s1. The van der Waals surface area contributed by atoms with Gasteiger partial charge in [0.25, 0.3) is 0 Å². The Morgan fingerprint density at radius 2 is 2.04 bits per heavy atom. The van der Waals surface area contributed by atoms with Crippen LogP contribution in [0.4, 0.5) is 5.82 Å². The second-order valence-electron chi connectivity index (χ2n) is 5.95. The molecule has 5 rings (SSSR count). The zero-order chi connectivity index (χ0) is 18.2. The molecule has 1 aliphatic heterocycles. The highest BCUT2D eigenvalue weighted by atomic mass is 35.5. The topological polar surface area (TPSA) is 69.2 Å². The van der Waals surface area contributed by atoms with Crippen LogP contribution in [0.25, 0.3) is 21.6 Å². The molecule has 4 aromatic rings. The van der Waals surface area contributed by atoms with Crippen LogP contribution in [0.1, 0.15) is 5.56 Å². The van der Waals surface area contributed by atoms with Crippen molar-refractivity contribution in [1.29, 1.82) is 0 Å². The molecule has 0 unspecified atom stereocenters. The molecule has 0 atom stereocenters. The number of hydrogen-bond acceptors (Lipinski definition) is 7. The lowest BCUT2D eigenvalue weighted by atomic mass is 10.2. The number of fused-ring (bicyclic) bond motifs is 2. The molecule has 4 heterocycles. The van der Waals surface area contributed by atoms with Gasteiger partial charge in [-0.3, -0.25) is 4.98 Å². The third kappa shape index (κ3) is 3.15. The molecule has 1 aromatic carbocycles. The van der Waals surface area contributed by atoms with Gasteiger partial charge in [-0.05, 0) is 35.9 Å². The first-order valence-electron chi connectivity index (χ1n) is 8.26. The van der Waals surface area contributed by atoms with E-state index in [0.29, 0.717) is 16.7 Å². The zero-order valence-corrected chi connectivity index (χ0v) is 15.5. The number of nitrogens with one attached hydrogen (secondary N) is 1. The number of anilines is 1. The Morgan fingerprint density at radius 1 is 1.11 bits per heavy atom. The summed E-state index contributed by atoms with van der Waals surface area (Å²) in [7, 11) is 0. The minimum atomic E-state index is 0.265. The minimum absolute atomic E-state index is 0.265. The summed E-state index contributed by atoms with van der Waals surface area (Å²) < 4.78 is 11.5. The average molecular weight is 397 g/mol. The van der Waals surface area contributed by atoms with Gasteiger partial charge in [0.1, 0.15) is 10.6 Å². The Hall–Kier alpha value is -2.90. The molecule has 1 N–H and O–H groups in total. The van der Waals surface area contributed by atoms with E-state index in [2.05, 4.69) is 15.3 Å². The van der Waals surface area contributed by atoms with Crippen molar-refractivity contribution >= 4 is 39.0 Å². The molecule has 0 spiro atoms. The first-order chi connectivity index (χ1) is 13.3. The van der Waals surface area contributed by atoms with Gasteiger partial charge in [-0.15, -0.1) is 11.3 Å². The average Bonchev–Trinajstić information content (AvgIpc) is 3.31. The summed E-state index contributed by atoms with van der Waals surface area (Å²) in [6, 6.07) is 11.6. The molecule has 3 aromatic heterocycles. The summed E-state index contributed by atoms with van der Waals surface area (Å²) >= 11 is 7.65. The fourth-order valence-corrected chi connectivity index (χ4v) is 3.98. The van der Waals surface area contributed by atoms with E-state index < -0.39 is 0 Å². The molecular formula is C19H13ClN4O2S. The zero-order valence-electron chi connectivity index (χ0n) is 14.0. The van der Waals surface area contributed by atoms with Crippen molar-refractivity contribution in [2.24, 2.45) is 0 Å². The molecule has 0 saturated carbocycles. The van der Waals surface area contributed by atoms with Crippen LogP contribution in [0.5, 0.6) is 11.5 Å². The summed E-state index contributed by atoms with van der Waals surface area (Å²) in [6.07, 6.45) is 3.47. The van der Waals surface area contributed by atoms with Crippen molar-refractivity contribution in [1.82, 2.24) is 15.0 Å². The van der Waals surface area contributed by atoms with E-state index >= 15 is 0 Å². The van der Waals surface area contributed by atoms with Crippen molar-refractivity contribution in [3.8, 4) is 22.9 Å². The quantitative estimate of drug-likeness (QED) is 0.537. The van der Waals surface area contributed by atoms with E-state index in [4.69, 9.17) is 26.1 Å². The van der Waals surface area contributed by atoms with Crippen LogP contribution in [-0.4, -0.2) is 21.7 Å². The van der Waals surface area contributed by atoms with E-state index in [9.17, 15) is 0 Å². The minimum Gasteiger partial charge on any atom is -0.454 e. The Kier molecular flexibility index (Phi) is 4.03. The molecule has 1 aliphatic rings. The van der Waals surface area contributed by atoms with Crippen LogP contribution in [0.3, 0.4) is 0 Å². The number of halogens is 1. The van der Waals surface area contributed by atoms with Gasteiger partial charge in [0.2, 0.25) is 6.79 Å². The second kappa shape index (κ2) is 6.68. The standard InChI is InChI=1S/C19H13ClN4O2S/c20-16-7-13-18(22-8-11-3-4-14-15(6-11)26-10-25-14)23-17(24-19(13)27-16)12-2-1-5-21-9-12/h1-7,9H,8,10H2,(H,22,23,24). The second-order valence-corrected chi connectivity index (χ2v) is 7.61. The van der Waals surface area contributed by atoms with Crippen LogP contribution < -0.4 is 14.8 Å². The maximum atomic E-state index is 6.21. The molecule has 8 heteroatoms. The fraction of sp³-hybridized carbons (Fsp3) is 0.105. The van der Waals surface area contributed by atoms with Gasteiger partial charge in [0, 0.05) is 24.5 Å². The van der Waals surface area contributed by atoms with Crippen molar-refractivity contribution < 1.29 is 9.47 Å². The van der Waals surface area contributed by atoms with Crippen LogP contribution in [-0.2, 0) is 6.54 Å². The van der Waals surface area contributed by atoms with Gasteiger partial charge in [0.15, 0.2) is 17.3 Å². The van der Waals surface area contributed by atoms with Gasteiger partial charge in [-0.2, -0.15) is 0 Å². The normalized spacial score (nSPS) is 12.5. The molecule has 0 aliphatic carbocycles. The van der Waals surface area contributed by atoms with E-state index in [1.165, 1.54) is 11.3 Å². The number of benzene rings is 1. The van der Waals surface area contributed by atoms with Crippen molar-refractivity contribution in [3.63, 3.8) is 0 Å². The summed E-state index contributed by atoms with van der Waals surface area (Å²) in [5.41, 5.74) is 1.92. The number of thiophene rings is 1. The van der Waals surface area contributed by atoms with E-state index in [0.717, 1.165) is 38.7 Å². The van der Waals surface area contributed by atoms with Crippen LogP contribution >= 0.6 is 22.9 Å². The van der Waals surface area contributed by atoms with Crippen LogP contribution in [0.2, 0.25) is 4.34 Å². The van der Waals surface area contributed by atoms with E-state index in [1.807, 2.05) is 36.4 Å². The molecule has 27 heavy (non-hydrogen) atoms. The van der Waals surface area contributed by atoms with Crippen LogP contribution in [0, 0.1) is 0 Å². The molecule has 0 amide bonds. The van der Waals surface area contributed by atoms with Gasteiger partial charge in [-0.1, -0.05) is 17.7 Å². The van der Waals surface area contributed by atoms with Gasteiger partial charge >= 0.3 is 0 Å². The Bertz CT molecular complexity index is 1130. The first kappa shape index (κ1) is 16.3. The van der Waals surface area contributed by atoms with Crippen molar-refractivity contribution in [2.45, 2.75) is 6.54 Å². The van der Waals surface area contributed by atoms with Crippen LogP contribution in [0.15, 0.2) is 48.8 Å². The Balaban J connectivity index is 1.50. The summed E-state index contributed by atoms with van der Waals surface area (Å²) in [6.45, 7) is 0.851. The molecule has 6 nitrogen and oxygen atoms in total. The highest BCUT2D eigenvalue weighted by molar-refractivity contribution is 7.22. The third-order valence-electron chi connectivity index (χ3n) is 4.18. The van der Waals surface area contributed by atoms with Gasteiger partial charge < -0.3 is 14.8 Å². The number of hydrogen-bond donors (Lipinski definition) is 1. The molecule has 0 fully saturated rings. The number of ether oxygens (including phenoxy) is 2. The van der Waals surface area contributed by atoms with E-state index in [-0.39, 0.29) is 6.79 Å². The maximum absolute atomic E-state index is 6.21. The molecule has 0 radical (unpaired) electrons. The summed E-state index contributed by atoms with van der Waals surface area (Å²) in [4.78, 5) is 14.3. The highest BCUT2D eigenvalue weighted by Crippen LogP contribution is 2.35. The lowest BCUT2D eigenvalue weighted by Crippen LogP contribution is -2.03. The van der Waals surface area contributed by atoms with Gasteiger partial charge in [0.05, 0.1) is 9.72 Å². The third-order valence-corrected chi connectivity index (χ3v) is 5.34. The fourth-order valence-electron chi connectivity index (χ4n) is 2.89. The predicted molar refractivity (Wildman–Crippen MR) is 106 cm³/mol. The number of nitrogens with zero attached hydrogens (tertiary/aromatic N) is 3.